The normalized spacial score (nSPS) is 15.3. The van der Waals surface area contributed by atoms with Crippen molar-refractivity contribution >= 4 is 51.9 Å². The second-order valence-corrected chi connectivity index (χ2v) is 7.42. The van der Waals surface area contributed by atoms with Gasteiger partial charge < -0.3 is 10.1 Å². The van der Waals surface area contributed by atoms with Gasteiger partial charge in [0.15, 0.2) is 0 Å². The minimum Gasteiger partial charge on any atom is -0.492 e. The molecule has 1 N–H and O–H groups in total. The maximum absolute atomic E-state index is 12.5. The number of para-hydroxylation sites is 2. The number of thiocarbonyl (C=S) groups is 1. The second kappa shape index (κ2) is 8.37. The molecule has 0 aliphatic carbocycles. The van der Waals surface area contributed by atoms with Crippen LogP contribution in [0.15, 0.2) is 53.4 Å². The van der Waals surface area contributed by atoms with Crippen LogP contribution in [0.4, 0.5) is 5.69 Å². The summed E-state index contributed by atoms with van der Waals surface area (Å²) in [5, 5.41) is 2.86. The van der Waals surface area contributed by atoms with Gasteiger partial charge in [0.2, 0.25) is 0 Å². The number of nitrogens with one attached hydrogen (secondary N) is 1. The highest BCUT2D eigenvalue weighted by atomic mass is 32.2. The number of anilines is 1. The van der Waals surface area contributed by atoms with Crippen LogP contribution >= 0.6 is 24.0 Å². The molecule has 7 heteroatoms. The summed E-state index contributed by atoms with van der Waals surface area (Å²) in [6.45, 7) is 2.41. The molecule has 1 aliphatic rings. The average Bonchev–Trinajstić information content (AvgIpc) is 2.91. The van der Waals surface area contributed by atoms with Crippen molar-refractivity contribution in [3.05, 3.63) is 64.6 Å². The molecule has 0 radical (unpaired) electrons. The zero-order valence-electron chi connectivity index (χ0n) is 14.9. The highest BCUT2D eigenvalue weighted by Crippen LogP contribution is 2.31. The molecule has 0 bridgehead atoms. The molecule has 27 heavy (non-hydrogen) atoms. The monoisotopic (exact) mass is 398 g/mol. The summed E-state index contributed by atoms with van der Waals surface area (Å²) < 4.78 is 6.06. The highest BCUT2D eigenvalue weighted by Gasteiger charge is 2.28. The van der Waals surface area contributed by atoms with E-state index in [0.29, 0.717) is 32.8 Å². The Labute approximate surface area is 167 Å². The third kappa shape index (κ3) is 4.37. The van der Waals surface area contributed by atoms with Gasteiger partial charge in [-0.3, -0.25) is 14.5 Å². The third-order valence-corrected chi connectivity index (χ3v) is 5.38. The van der Waals surface area contributed by atoms with Gasteiger partial charge >= 0.3 is 0 Å². The Hall–Kier alpha value is -2.64. The van der Waals surface area contributed by atoms with Gasteiger partial charge in [-0.2, -0.15) is 0 Å². The first-order chi connectivity index (χ1) is 13.0. The fourth-order valence-corrected chi connectivity index (χ4v) is 3.65. The van der Waals surface area contributed by atoms with E-state index in [0.717, 1.165) is 5.56 Å². The molecular formula is C20H18N2O3S2. The summed E-state index contributed by atoms with van der Waals surface area (Å²) in [6, 6.07) is 14.3. The van der Waals surface area contributed by atoms with Crippen LogP contribution in [0.1, 0.15) is 22.8 Å². The topological polar surface area (TPSA) is 58.6 Å². The van der Waals surface area contributed by atoms with Crippen molar-refractivity contribution < 1.29 is 14.3 Å². The number of rotatable bonds is 5. The van der Waals surface area contributed by atoms with E-state index in [1.54, 1.807) is 43.5 Å². The maximum atomic E-state index is 12.5. The number of hydrogen-bond acceptors (Lipinski definition) is 5. The van der Waals surface area contributed by atoms with E-state index in [9.17, 15) is 9.59 Å². The molecule has 0 spiro atoms. The summed E-state index contributed by atoms with van der Waals surface area (Å²) >= 11 is 6.39. The van der Waals surface area contributed by atoms with Crippen molar-refractivity contribution in [1.29, 1.82) is 0 Å². The molecular weight excluding hydrogens is 380 g/mol. The largest absolute Gasteiger partial charge is 0.492 e. The Bertz CT molecular complexity index is 923. The Morgan fingerprint density at radius 3 is 2.56 bits per heavy atom. The predicted octanol–water partition coefficient (Wildman–Crippen LogP) is 4.17. The van der Waals surface area contributed by atoms with E-state index >= 15 is 0 Å². The molecule has 1 aliphatic heterocycles. The zero-order chi connectivity index (χ0) is 19.4. The van der Waals surface area contributed by atoms with Crippen molar-refractivity contribution in [3.8, 4) is 5.75 Å². The second-order valence-electron chi connectivity index (χ2n) is 5.75. The lowest BCUT2D eigenvalue weighted by molar-refractivity contribution is -0.121. The number of hydrogen-bond donors (Lipinski definition) is 1. The minimum atomic E-state index is -0.228. The molecule has 0 atom stereocenters. The van der Waals surface area contributed by atoms with Gasteiger partial charge in [0.05, 0.1) is 17.2 Å². The Morgan fingerprint density at radius 1 is 1.22 bits per heavy atom. The van der Waals surface area contributed by atoms with Gasteiger partial charge in [-0.05, 0) is 42.8 Å². The third-order valence-electron chi connectivity index (χ3n) is 3.89. The van der Waals surface area contributed by atoms with Crippen molar-refractivity contribution in [2.24, 2.45) is 0 Å². The van der Waals surface area contributed by atoms with E-state index in [-0.39, 0.29) is 11.8 Å². The Morgan fingerprint density at radius 2 is 1.93 bits per heavy atom. The van der Waals surface area contributed by atoms with Gasteiger partial charge in [-0.25, -0.2) is 0 Å². The Kier molecular flexibility index (Phi) is 5.93. The van der Waals surface area contributed by atoms with Gasteiger partial charge in [0.25, 0.3) is 11.8 Å². The number of amides is 2. The number of thioether (sulfide) groups is 1. The molecule has 0 unspecified atom stereocenters. The first kappa shape index (κ1) is 19.1. The SMILES string of the molecule is CCOc1ccccc1NC(=O)c1ccc(C=C2SC(=S)N(C)C2=O)cc1. The van der Waals surface area contributed by atoms with E-state index in [1.807, 2.05) is 25.1 Å². The molecule has 5 nitrogen and oxygen atoms in total. The van der Waals surface area contributed by atoms with E-state index in [1.165, 1.54) is 16.7 Å². The highest BCUT2D eigenvalue weighted by molar-refractivity contribution is 8.26. The summed E-state index contributed by atoms with van der Waals surface area (Å²) in [4.78, 5) is 26.6. The van der Waals surface area contributed by atoms with Crippen molar-refractivity contribution in [2.45, 2.75) is 6.92 Å². The summed E-state index contributed by atoms with van der Waals surface area (Å²) in [5.74, 6) is 0.291. The van der Waals surface area contributed by atoms with Gasteiger partial charge in [0.1, 0.15) is 10.1 Å². The number of carbonyl (C=O) groups is 2. The fourth-order valence-electron chi connectivity index (χ4n) is 2.47. The molecule has 1 fully saturated rings. The quantitative estimate of drug-likeness (QED) is 0.605. The molecule has 2 aromatic carbocycles. The van der Waals surface area contributed by atoms with Crippen molar-refractivity contribution in [3.63, 3.8) is 0 Å². The first-order valence-corrected chi connectivity index (χ1v) is 9.57. The van der Waals surface area contributed by atoms with Gasteiger partial charge in [0, 0.05) is 12.6 Å². The summed E-state index contributed by atoms with van der Waals surface area (Å²) in [6.07, 6.45) is 1.77. The fraction of sp³-hybridized carbons (Fsp3) is 0.150. The minimum absolute atomic E-state index is 0.112. The standard InChI is InChI=1S/C20H18N2O3S2/c1-3-25-16-7-5-4-6-15(16)21-18(23)14-10-8-13(9-11-14)12-17-19(24)22(2)20(26)27-17/h4-12H,3H2,1-2H3,(H,21,23). The molecule has 3 rings (SSSR count). The van der Waals surface area contributed by atoms with Crippen LogP contribution < -0.4 is 10.1 Å². The predicted molar refractivity (Wildman–Crippen MR) is 113 cm³/mol. The van der Waals surface area contributed by atoms with Crippen molar-refractivity contribution in [1.82, 2.24) is 4.90 Å². The van der Waals surface area contributed by atoms with Crippen LogP contribution in [0.2, 0.25) is 0 Å². The van der Waals surface area contributed by atoms with Crippen molar-refractivity contribution in [2.75, 3.05) is 19.0 Å². The van der Waals surface area contributed by atoms with Crippen LogP contribution in [-0.4, -0.2) is 34.7 Å². The van der Waals surface area contributed by atoms with Gasteiger partial charge in [-0.1, -0.05) is 48.2 Å². The molecule has 2 aromatic rings. The van der Waals surface area contributed by atoms with Crippen LogP contribution in [0.3, 0.4) is 0 Å². The average molecular weight is 399 g/mol. The first-order valence-electron chi connectivity index (χ1n) is 8.34. The number of benzene rings is 2. The lowest BCUT2D eigenvalue weighted by Gasteiger charge is -2.11. The molecule has 0 aromatic heterocycles. The van der Waals surface area contributed by atoms with E-state index < -0.39 is 0 Å². The lowest BCUT2D eigenvalue weighted by Crippen LogP contribution is -2.22. The molecule has 2 amide bonds. The zero-order valence-corrected chi connectivity index (χ0v) is 16.5. The van der Waals surface area contributed by atoms with Crippen LogP contribution in [0.5, 0.6) is 5.75 Å². The summed E-state index contributed by atoms with van der Waals surface area (Å²) in [5.41, 5.74) is 1.97. The van der Waals surface area contributed by atoms with Crippen LogP contribution in [0, 0.1) is 0 Å². The van der Waals surface area contributed by atoms with E-state index in [2.05, 4.69) is 5.32 Å². The lowest BCUT2D eigenvalue weighted by atomic mass is 10.1. The number of carbonyl (C=O) groups excluding carboxylic acids is 2. The van der Waals surface area contributed by atoms with Crippen LogP contribution in [0.25, 0.3) is 6.08 Å². The Balaban J connectivity index is 1.73. The van der Waals surface area contributed by atoms with Gasteiger partial charge in [-0.15, -0.1) is 0 Å². The molecule has 138 valence electrons. The number of likely N-dealkylation sites (N-methyl/N-ethyl adjacent to an activating group) is 1. The number of ether oxygens (including phenoxy) is 1. The maximum Gasteiger partial charge on any atom is 0.265 e. The van der Waals surface area contributed by atoms with Crippen LogP contribution in [-0.2, 0) is 4.79 Å². The molecule has 1 saturated heterocycles. The number of nitrogens with zero attached hydrogens (tertiary/aromatic N) is 1. The smallest absolute Gasteiger partial charge is 0.265 e. The van der Waals surface area contributed by atoms with E-state index in [4.69, 9.17) is 17.0 Å². The molecule has 1 heterocycles. The summed E-state index contributed by atoms with van der Waals surface area (Å²) in [7, 11) is 1.66. The molecule has 0 saturated carbocycles.